The van der Waals surface area contributed by atoms with Crippen LogP contribution in [0.25, 0.3) is 0 Å². The van der Waals surface area contributed by atoms with Crippen molar-refractivity contribution in [3.05, 3.63) is 77.4 Å². The predicted molar refractivity (Wildman–Crippen MR) is 118 cm³/mol. The SMILES string of the molecule is Cc1ncc(C(=O)NC2(C(=O)N[C@H](C)c3ncc(Oc4ccccc4C(F)(F)F)cc3F)CC2)cn1. The molecule has 1 saturated carbocycles. The minimum Gasteiger partial charge on any atom is -0.455 e. The number of nitrogens with one attached hydrogen (secondary N) is 2. The van der Waals surface area contributed by atoms with Crippen molar-refractivity contribution in [2.75, 3.05) is 0 Å². The van der Waals surface area contributed by atoms with E-state index >= 15 is 0 Å². The molecule has 12 heteroatoms. The van der Waals surface area contributed by atoms with Crippen molar-refractivity contribution < 1.29 is 31.9 Å². The van der Waals surface area contributed by atoms with Crippen LogP contribution in [0.5, 0.6) is 11.5 Å². The summed E-state index contributed by atoms with van der Waals surface area (Å²) in [6.45, 7) is 3.17. The second kappa shape index (κ2) is 9.51. The molecule has 0 radical (unpaired) electrons. The van der Waals surface area contributed by atoms with Gasteiger partial charge in [0, 0.05) is 18.5 Å². The van der Waals surface area contributed by atoms with Gasteiger partial charge in [-0.1, -0.05) is 12.1 Å². The molecular formula is C24H21F4N5O3. The fraction of sp³-hybridized carbons (Fsp3) is 0.292. The largest absolute Gasteiger partial charge is 0.455 e. The summed E-state index contributed by atoms with van der Waals surface area (Å²) in [6, 6.07) is 4.53. The molecule has 8 nitrogen and oxygen atoms in total. The molecule has 0 unspecified atom stereocenters. The van der Waals surface area contributed by atoms with Gasteiger partial charge >= 0.3 is 6.18 Å². The highest BCUT2D eigenvalue weighted by Crippen LogP contribution is 2.38. The number of rotatable bonds is 7. The molecule has 1 aliphatic rings. The van der Waals surface area contributed by atoms with E-state index in [-0.39, 0.29) is 17.0 Å². The number of hydrogen-bond acceptors (Lipinski definition) is 6. The smallest absolute Gasteiger partial charge is 0.419 e. The topological polar surface area (TPSA) is 106 Å². The number of para-hydroxylation sites is 1. The van der Waals surface area contributed by atoms with Gasteiger partial charge in [0.25, 0.3) is 5.91 Å². The third-order valence-electron chi connectivity index (χ3n) is 5.60. The Labute approximate surface area is 203 Å². The summed E-state index contributed by atoms with van der Waals surface area (Å²) in [5.41, 5.74) is -2.10. The number of nitrogens with zero attached hydrogens (tertiary/aromatic N) is 3. The lowest BCUT2D eigenvalue weighted by molar-refractivity contribution is -0.138. The summed E-state index contributed by atoms with van der Waals surface area (Å²) in [5.74, 6) is -2.15. The number of aryl methyl sites for hydroxylation is 1. The molecule has 188 valence electrons. The van der Waals surface area contributed by atoms with Gasteiger partial charge in [0.05, 0.1) is 29.1 Å². The summed E-state index contributed by atoms with van der Waals surface area (Å²) in [6.07, 6.45) is -0.0898. The van der Waals surface area contributed by atoms with Crippen molar-refractivity contribution in [3.8, 4) is 11.5 Å². The molecule has 0 spiro atoms. The maximum absolute atomic E-state index is 14.8. The number of aromatic nitrogens is 3. The van der Waals surface area contributed by atoms with E-state index in [1.54, 1.807) is 6.92 Å². The number of carbonyl (C=O) groups excluding carboxylic acids is 2. The molecule has 0 aliphatic heterocycles. The van der Waals surface area contributed by atoms with Gasteiger partial charge in [0.2, 0.25) is 5.91 Å². The van der Waals surface area contributed by atoms with Crippen LogP contribution < -0.4 is 15.4 Å². The molecule has 1 fully saturated rings. The first-order chi connectivity index (χ1) is 17.0. The summed E-state index contributed by atoms with van der Waals surface area (Å²) >= 11 is 0. The van der Waals surface area contributed by atoms with Gasteiger partial charge in [-0.05, 0) is 38.8 Å². The Morgan fingerprint density at radius 1 is 1.08 bits per heavy atom. The molecule has 1 atom stereocenters. The van der Waals surface area contributed by atoms with Crippen molar-refractivity contribution in [2.45, 2.75) is 44.4 Å². The first-order valence-corrected chi connectivity index (χ1v) is 10.9. The maximum Gasteiger partial charge on any atom is 0.419 e. The monoisotopic (exact) mass is 503 g/mol. The van der Waals surface area contributed by atoms with E-state index in [1.807, 2.05) is 0 Å². The Kier molecular flexibility index (Phi) is 6.61. The van der Waals surface area contributed by atoms with Gasteiger partial charge < -0.3 is 15.4 Å². The third-order valence-corrected chi connectivity index (χ3v) is 5.60. The molecule has 2 amide bonds. The third kappa shape index (κ3) is 5.42. The lowest BCUT2D eigenvalue weighted by Gasteiger charge is -2.21. The zero-order valence-electron chi connectivity index (χ0n) is 19.2. The second-order valence-corrected chi connectivity index (χ2v) is 8.38. The molecule has 36 heavy (non-hydrogen) atoms. The molecule has 0 saturated heterocycles. The van der Waals surface area contributed by atoms with Crippen LogP contribution >= 0.6 is 0 Å². The summed E-state index contributed by atoms with van der Waals surface area (Å²) < 4.78 is 59.5. The number of alkyl halides is 3. The minimum atomic E-state index is -4.65. The molecule has 0 bridgehead atoms. The average Bonchev–Trinajstić information content (AvgIpc) is 3.60. The Morgan fingerprint density at radius 3 is 2.36 bits per heavy atom. The Morgan fingerprint density at radius 2 is 1.75 bits per heavy atom. The van der Waals surface area contributed by atoms with E-state index in [0.717, 1.165) is 24.4 Å². The number of benzene rings is 1. The number of carbonyl (C=O) groups is 2. The highest BCUT2D eigenvalue weighted by atomic mass is 19.4. The average molecular weight is 503 g/mol. The molecule has 4 rings (SSSR count). The highest BCUT2D eigenvalue weighted by Gasteiger charge is 2.51. The van der Waals surface area contributed by atoms with Crippen LogP contribution in [0.1, 0.15) is 53.2 Å². The Hall–Kier alpha value is -4.09. The van der Waals surface area contributed by atoms with E-state index in [2.05, 4.69) is 25.6 Å². The molecule has 1 aliphatic carbocycles. The van der Waals surface area contributed by atoms with E-state index in [1.165, 1.54) is 31.5 Å². The van der Waals surface area contributed by atoms with Gasteiger partial charge in [-0.3, -0.25) is 14.6 Å². The quantitative estimate of drug-likeness (QED) is 0.467. The number of ether oxygens (including phenoxy) is 1. The second-order valence-electron chi connectivity index (χ2n) is 8.38. The highest BCUT2D eigenvalue weighted by molar-refractivity contribution is 6.00. The van der Waals surface area contributed by atoms with Crippen LogP contribution in [0.4, 0.5) is 17.6 Å². The van der Waals surface area contributed by atoms with Gasteiger partial charge in [-0.2, -0.15) is 13.2 Å². The van der Waals surface area contributed by atoms with Gasteiger partial charge in [0.15, 0.2) is 5.82 Å². The first-order valence-electron chi connectivity index (χ1n) is 10.9. The number of amides is 2. The van der Waals surface area contributed by atoms with Crippen molar-refractivity contribution in [3.63, 3.8) is 0 Å². The molecular weight excluding hydrogens is 482 g/mol. The molecule has 2 aromatic heterocycles. The summed E-state index contributed by atoms with van der Waals surface area (Å²) in [7, 11) is 0. The number of halogens is 4. The fourth-order valence-corrected chi connectivity index (χ4v) is 3.46. The number of hydrogen-bond donors (Lipinski definition) is 2. The molecule has 2 N–H and O–H groups in total. The van der Waals surface area contributed by atoms with Crippen LogP contribution in [-0.4, -0.2) is 32.3 Å². The summed E-state index contributed by atoms with van der Waals surface area (Å²) in [4.78, 5) is 37.2. The molecule has 1 aromatic carbocycles. The lowest BCUT2D eigenvalue weighted by Crippen LogP contribution is -2.49. The molecule has 2 heterocycles. The first kappa shape index (κ1) is 25.0. The fourth-order valence-electron chi connectivity index (χ4n) is 3.46. The van der Waals surface area contributed by atoms with Crippen molar-refractivity contribution in [1.82, 2.24) is 25.6 Å². The zero-order chi connectivity index (χ0) is 26.1. The normalized spacial score (nSPS) is 15.1. The van der Waals surface area contributed by atoms with Crippen LogP contribution in [-0.2, 0) is 11.0 Å². The van der Waals surface area contributed by atoms with Crippen LogP contribution in [0.2, 0.25) is 0 Å². The van der Waals surface area contributed by atoms with Crippen LogP contribution in [0, 0.1) is 12.7 Å². The predicted octanol–water partition coefficient (Wildman–Crippen LogP) is 4.27. The van der Waals surface area contributed by atoms with Crippen LogP contribution in [0.3, 0.4) is 0 Å². The van der Waals surface area contributed by atoms with E-state index in [0.29, 0.717) is 18.7 Å². The van der Waals surface area contributed by atoms with Gasteiger partial charge in [0.1, 0.15) is 22.9 Å². The zero-order valence-corrected chi connectivity index (χ0v) is 19.2. The summed E-state index contributed by atoms with van der Waals surface area (Å²) in [5, 5.41) is 5.30. The van der Waals surface area contributed by atoms with E-state index in [9.17, 15) is 27.2 Å². The van der Waals surface area contributed by atoms with Crippen molar-refractivity contribution in [1.29, 1.82) is 0 Å². The van der Waals surface area contributed by atoms with Crippen molar-refractivity contribution >= 4 is 11.8 Å². The van der Waals surface area contributed by atoms with Crippen LogP contribution in [0.15, 0.2) is 48.9 Å². The van der Waals surface area contributed by atoms with Gasteiger partial charge in [-0.25, -0.2) is 14.4 Å². The Bertz CT molecular complexity index is 1290. The molecule has 3 aromatic rings. The lowest BCUT2D eigenvalue weighted by atomic mass is 10.1. The number of pyridine rings is 1. The Balaban J connectivity index is 1.42. The van der Waals surface area contributed by atoms with E-state index in [4.69, 9.17) is 4.74 Å². The minimum absolute atomic E-state index is 0.145. The van der Waals surface area contributed by atoms with E-state index < -0.39 is 46.7 Å². The van der Waals surface area contributed by atoms with Crippen molar-refractivity contribution in [2.24, 2.45) is 0 Å². The van der Waals surface area contributed by atoms with Gasteiger partial charge in [-0.15, -0.1) is 0 Å². The standard InChI is InChI=1S/C24H21F4N5O3/c1-13(32-22(35)23(7-8-23)33-21(34)15-10-29-14(2)30-11-15)20-18(25)9-16(12-31-20)36-19-6-4-3-5-17(19)24(26,27)28/h3-6,9-13H,7-8H2,1-2H3,(H,32,35)(H,33,34)/t13-/m1/s1. The maximum atomic E-state index is 14.8.